The SMILES string of the molecule is CCC(C)(CN)CC(N)C(=O)NC(Cc1ccc(C(F)(F)F)cc1)C(=O)Nc1cnc2ccccc2c1. The highest BCUT2D eigenvalue weighted by molar-refractivity contribution is 5.99. The monoisotopic (exact) mass is 515 g/mol. The summed E-state index contributed by atoms with van der Waals surface area (Å²) in [5, 5.41) is 6.24. The molecule has 7 nitrogen and oxygen atoms in total. The Balaban J connectivity index is 1.81. The number of hydrogen-bond acceptors (Lipinski definition) is 5. The maximum atomic E-state index is 13.2. The van der Waals surface area contributed by atoms with E-state index in [4.69, 9.17) is 11.5 Å². The van der Waals surface area contributed by atoms with Crippen LogP contribution in [0, 0.1) is 5.41 Å². The molecule has 0 spiro atoms. The number of para-hydroxylation sites is 1. The Hall–Kier alpha value is -3.50. The molecular weight excluding hydrogens is 483 g/mol. The molecule has 3 unspecified atom stereocenters. The average Bonchev–Trinajstić information content (AvgIpc) is 2.87. The van der Waals surface area contributed by atoms with Crippen molar-refractivity contribution in [1.29, 1.82) is 0 Å². The molecule has 0 fully saturated rings. The minimum atomic E-state index is -4.48. The summed E-state index contributed by atoms with van der Waals surface area (Å²) in [5.74, 6) is -1.09. The minimum Gasteiger partial charge on any atom is -0.343 e. The summed E-state index contributed by atoms with van der Waals surface area (Å²) in [6, 6.07) is 11.6. The van der Waals surface area contributed by atoms with Gasteiger partial charge in [0, 0.05) is 11.8 Å². The van der Waals surface area contributed by atoms with Crippen molar-refractivity contribution in [3.05, 3.63) is 71.9 Å². The number of hydrogen-bond donors (Lipinski definition) is 4. The fourth-order valence-electron chi connectivity index (χ4n) is 3.92. The number of alkyl halides is 3. The van der Waals surface area contributed by atoms with E-state index >= 15 is 0 Å². The largest absolute Gasteiger partial charge is 0.416 e. The van der Waals surface area contributed by atoms with Crippen LogP contribution in [0.4, 0.5) is 18.9 Å². The number of nitrogens with one attached hydrogen (secondary N) is 2. The van der Waals surface area contributed by atoms with E-state index in [0.29, 0.717) is 24.2 Å². The normalized spacial score (nSPS) is 15.0. The van der Waals surface area contributed by atoms with Gasteiger partial charge in [-0.05, 0) is 54.6 Å². The second-order valence-electron chi connectivity index (χ2n) is 9.54. The van der Waals surface area contributed by atoms with E-state index in [1.54, 1.807) is 6.07 Å². The van der Waals surface area contributed by atoms with E-state index in [9.17, 15) is 22.8 Å². The number of carbonyl (C=O) groups excluding carboxylic acids is 2. The molecule has 1 heterocycles. The first-order valence-electron chi connectivity index (χ1n) is 12.0. The van der Waals surface area contributed by atoms with Crippen molar-refractivity contribution < 1.29 is 22.8 Å². The summed E-state index contributed by atoms with van der Waals surface area (Å²) in [5.41, 5.74) is 12.5. The topological polar surface area (TPSA) is 123 Å². The van der Waals surface area contributed by atoms with Gasteiger partial charge in [-0.2, -0.15) is 13.2 Å². The third-order valence-electron chi connectivity index (χ3n) is 6.61. The number of pyridine rings is 1. The molecule has 1 aromatic heterocycles. The number of carbonyl (C=O) groups is 2. The molecule has 0 bridgehead atoms. The quantitative estimate of drug-likeness (QED) is 0.325. The first kappa shape index (κ1) is 28.1. The number of fused-ring (bicyclic) bond motifs is 1. The van der Waals surface area contributed by atoms with E-state index in [0.717, 1.165) is 29.5 Å². The van der Waals surface area contributed by atoms with E-state index in [2.05, 4.69) is 15.6 Å². The number of benzene rings is 2. The number of aromatic nitrogens is 1. The highest BCUT2D eigenvalue weighted by atomic mass is 19.4. The van der Waals surface area contributed by atoms with Crippen LogP contribution in [0.3, 0.4) is 0 Å². The second kappa shape index (κ2) is 11.7. The van der Waals surface area contributed by atoms with Gasteiger partial charge in [0.15, 0.2) is 0 Å². The molecule has 6 N–H and O–H groups in total. The molecular formula is C27H32F3N5O2. The van der Waals surface area contributed by atoms with E-state index in [-0.39, 0.29) is 11.8 Å². The lowest BCUT2D eigenvalue weighted by Crippen LogP contribution is -2.52. The standard InChI is InChI=1S/C27H32F3N5O2/c1-3-26(2,16-31)14-21(32)24(36)35-23(12-17-8-10-19(11-9-17)27(28,29)30)25(37)34-20-13-18-6-4-5-7-22(18)33-15-20/h4-11,13,15,21,23H,3,12,14,16,31-32H2,1-2H3,(H,34,37)(H,35,36). The minimum absolute atomic E-state index is 0.0363. The van der Waals surface area contributed by atoms with Crippen LogP contribution in [-0.2, 0) is 22.2 Å². The number of halogens is 3. The Labute approximate surface area is 213 Å². The number of rotatable bonds is 10. The van der Waals surface area contributed by atoms with Crippen molar-refractivity contribution in [2.24, 2.45) is 16.9 Å². The Kier molecular flexibility index (Phi) is 8.88. The Morgan fingerprint density at radius 3 is 2.35 bits per heavy atom. The molecule has 3 atom stereocenters. The molecule has 0 saturated carbocycles. The molecule has 3 aromatic rings. The zero-order valence-corrected chi connectivity index (χ0v) is 20.8. The fourth-order valence-corrected chi connectivity index (χ4v) is 3.92. The van der Waals surface area contributed by atoms with Crippen molar-refractivity contribution in [2.45, 2.75) is 51.4 Å². The van der Waals surface area contributed by atoms with Crippen LogP contribution in [0.1, 0.15) is 37.8 Å². The molecule has 2 aromatic carbocycles. The summed E-state index contributed by atoms with van der Waals surface area (Å²) >= 11 is 0. The molecule has 198 valence electrons. The lowest BCUT2D eigenvalue weighted by atomic mass is 9.81. The van der Waals surface area contributed by atoms with Gasteiger partial charge in [-0.15, -0.1) is 0 Å². The van der Waals surface area contributed by atoms with Crippen LogP contribution < -0.4 is 22.1 Å². The van der Waals surface area contributed by atoms with Gasteiger partial charge in [-0.25, -0.2) is 0 Å². The Bertz CT molecular complexity index is 1230. The summed E-state index contributed by atoms with van der Waals surface area (Å²) in [6.07, 6.45) is -1.99. The third kappa shape index (κ3) is 7.50. The third-order valence-corrected chi connectivity index (χ3v) is 6.61. The van der Waals surface area contributed by atoms with Gasteiger partial charge in [-0.3, -0.25) is 14.6 Å². The van der Waals surface area contributed by atoms with Crippen molar-refractivity contribution in [1.82, 2.24) is 10.3 Å². The van der Waals surface area contributed by atoms with Crippen LogP contribution in [0.2, 0.25) is 0 Å². The molecule has 10 heteroatoms. The molecule has 0 radical (unpaired) electrons. The summed E-state index contributed by atoms with van der Waals surface area (Å²) in [7, 11) is 0. The van der Waals surface area contributed by atoms with Crippen LogP contribution in [0.5, 0.6) is 0 Å². The van der Waals surface area contributed by atoms with Gasteiger partial charge < -0.3 is 22.1 Å². The van der Waals surface area contributed by atoms with Crippen LogP contribution >= 0.6 is 0 Å². The van der Waals surface area contributed by atoms with Gasteiger partial charge in [0.1, 0.15) is 6.04 Å². The summed E-state index contributed by atoms with van der Waals surface area (Å²) in [4.78, 5) is 30.5. The van der Waals surface area contributed by atoms with Crippen LogP contribution in [0.25, 0.3) is 10.9 Å². The van der Waals surface area contributed by atoms with Crippen molar-refractivity contribution >= 4 is 28.4 Å². The highest BCUT2D eigenvalue weighted by Gasteiger charge is 2.31. The predicted octanol–water partition coefficient (Wildman–Crippen LogP) is 4.01. The Morgan fingerprint density at radius 2 is 1.73 bits per heavy atom. The first-order chi connectivity index (χ1) is 17.4. The lowest BCUT2D eigenvalue weighted by molar-refractivity contribution is -0.137. The average molecular weight is 516 g/mol. The smallest absolute Gasteiger partial charge is 0.343 e. The van der Waals surface area contributed by atoms with E-state index in [1.165, 1.54) is 18.3 Å². The molecule has 0 aliphatic carbocycles. The van der Waals surface area contributed by atoms with E-state index < -0.39 is 35.6 Å². The van der Waals surface area contributed by atoms with Gasteiger partial charge >= 0.3 is 6.18 Å². The summed E-state index contributed by atoms with van der Waals surface area (Å²) in [6.45, 7) is 4.23. The molecule has 3 rings (SSSR count). The molecule has 0 aliphatic heterocycles. The van der Waals surface area contributed by atoms with Gasteiger partial charge in [0.2, 0.25) is 11.8 Å². The Morgan fingerprint density at radius 1 is 1.05 bits per heavy atom. The zero-order valence-electron chi connectivity index (χ0n) is 20.8. The van der Waals surface area contributed by atoms with E-state index in [1.807, 2.05) is 38.1 Å². The molecule has 0 saturated heterocycles. The maximum absolute atomic E-state index is 13.2. The predicted molar refractivity (Wildman–Crippen MR) is 137 cm³/mol. The number of nitrogens with two attached hydrogens (primary N) is 2. The van der Waals surface area contributed by atoms with Crippen LogP contribution in [0.15, 0.2) is 60.8 Å². The van der Waals surface area contributed by atoms with Crippen LogP contribution in [-0.4, -0.2) is 35.4 Å². The van der Waals surface area contributed by atoms with Gasteiger partial charge in [-0.1, -0.05) is 44.2 Å². The number of nitrogens with zero attached hydrogens (tertiary/aromatic N) is 1. The van der Waals surface area contributed by atoms with Crippen molar-refractivity contribution in [3.63, 3.8) is 0 Å². The van der Waals surface area contributed by atoms with Crippen molar-refractivity contribution in [2.75, 3.05) is 11.9 Å². The maximum Gasteiger partial charge on any atom is 0.416 e. The highest BCUT2D eigenvalue weighted by Crippen LogP contribution is 2.29. The number of amides is 2. The number of anilines is 1. The second-order valence-corrected chi connectivity index (χ2v) is 9.54. The van der Waals surface area contributed by atoms with Gasteiger partial charge in [0.25, 0.3) is 0 Å². The van der Waals surface area contributed by atoms with Gasteiger partial charge in [0.05, 0.1) is 29.0 Å². The molecule has 2 amide bonds. The fraction of sp³-hybridized carbons (Fsp3) is 0.370. The zero-order chi connectivity index (χ0) is 27.2. The lowest BCUT2D eigenvalue weighted by Gasteiger charge is -2.29. The van der Waals surface area contributed by atoms with Crippen molar-refractivity contribution in [3.8, 4) is 0 Å². The molecule has 0 aliphatic rings. The molecule has 37 heavy (non-hydrogen) atoms. The summed E-state index contributed by atoms with van der Waals surface area (Å²) < 4.78 is 38.9. The first-order valence-corrected chi connectivity index (χ1v) is 12.0.